The molecule has 0 radical (unpaired) electrons. The smallest absolute Gasteiger partial charge is 0.148 e. The van der Waals surface area contributed by atoms with Crippen molar-refractivity contribution < 1.29 is 4.79 Å². The number of thioether (sulfide) groups is 1. The zero-order chi connectivity index (χ0) is 9.02. The average Bonchev–Trinajstić information content (AvgIpc) is 1.84. The molecule has 0 aromatic rings. The van der Waals surface area contributed by atoms with Crippen LogP contribution in [0.1, 0.15) is 34.6 Å². The van der Waals surface area contributed by atoms with Gasteiger partial charge in [-0.2, -0.15) is 0 Å². The Labute approximate surface area is 73.9 Å². The Bertz CT molecular complexity index is 130. The Kier molecular flexibility index (Phi) is 4.82. The van der Waals surface area contributed by atoms with Crippen LogP contribution in [0, 0.1) is 5.92 Å². The Morgan fingerprint density at radius 3 is 1.82 bits per heavy atom. The third kappa shape index (κ3) is 4.46. The molecule has 0 spiro atoms. The van der Waals surface area contributed by atoms with Crippen LogP contribution in [-0.2, 0) is 4.79 Å². The van der Waals surface area contributed by atoms with Crippen LogP contribution < -0.4 is 0 Å². The summed E-state index contributed by atoms with van der Waals surface area (Å²) < 4.78 is 0. The van der Waals surface area contributed by atoms with Crippen molar-refractivity contribution in [1.82, 2.24) is 0 Å². The number of Topliss-reactive ketones (excluding diaryl/α,β-unsaturated/α-hetero) is 1. The van der Waals surface area contributed by atoms with Crippen molar-refractivity contribution in [2.45, 2.75) is 45.1 Å². The van der Waals surface area contributed by atoms with Crippen molar-refractivity contribution in [2.24, 2.45) is 5.92 Å². The first kappa shape index (κ1) is 11.0. The fourth-order valence-corrected chi connectivity index (χ4v) is 2.17. The minimum Gasteiger partial charge on any atom is -0.298 e. The summed E-state index contributed by atoms with van der Waals surface area (Å²) in [6.45, 7) is 10.1. The highest BCUT2D eigenvalue weighted by atomic mass is 32.2. The second kappa shape index (κ2) is 4.81. The van der Waals surface area contributed by atoms with Gasteiger partial charge in [-0.3, -0.25) is 4.79 Å². The van der Waals surface area contributed by atoms with E-state index in [0.717, 1.165) is 0 Å². The van der Waals surface area contributed by atoms with Crippen LogP contribution in [0.2, 0.25) is 0 Å². The Balaban J connectivity index is 3.83. The third-order valence-corrected chi connectivity index (χ3v) is 2.63. The van der Waals surface area contributed by atoms with Gasteiger partial charge in [0, 0.05) is 5.92 Å². The molecular weight excluding hydrogens is 156 g/mol. The topological polar surface area (TPSA) is 17.1 Å². The molecule has 0 aliphatic carbocycles. The first-order valence-corrected chi connectivity index (χ1v) is 5.08. The van der Waals surface area contributed by atoms with Crippen LogP contribution in [0.4, 0.5) is 0 Å². The largest absolute Gasteiger partial charge is 0.298 e. The van der Waals surface area contributed by atoms with Crippen LogP contribution in [0.15, 0.2) is 0 Å². The van der Waals surface area contributed by atoms with Crippen LogP contribution in [-0.4, -0.2) is 16.3 Å². The second-order valence-corrected chi connectivity index (χ2v) is 5.31. The molecule has 1 atom stereocenters. The lowest BCUT2D eigenvalue weighted by Gasteiger charge is -2.14. The summed E-state index contributed by atoms with van der Waals surface area (Å²) in [5.41, 5.74) is 0. The molecule has 0 heterocycles. The molecule has 0 aliphatic rings. The SMILES string of the molecule is CC(C)SC(C)C(=O)C(C)C. The maximum atomic E-state index is 11.4. The first-order valence-electron chi connectivity index (χ1n) is 4.14. The Hall–Kier alpha value is 0.0200. The first-order chi connectivity index (χ1) is 4.95. The van der Waals surface area contributed by atoms with E-state index in [1.54, 1.807) is 11.8 Å². The molecule has 0 N–H and O–H groups in total. The lowest BCUT2D eigenvalue weighted by atomic mass is 10.1. The van der Waals surface area contributed by atoms with E-state index in [9.17, 15) is 4.79 Å². The fourth-order valence-electron chi connectivity index (χ4n) is 0.945. The average molecular weight is 174 g/mol. The van der Waals surface area contributed by atoms with Crippen LogP contribution >= 0.6 is 11.8 Å². The highest BCUT2D eigenvalue weighted by molar-refractivity contribution is 8.01. The highest BCUT2D eigenvalue weighted by Crippen LogP contribution is 2.19. The monoisotopic (exact) mass is 174 g/mol. The van der Waals surface area contributed by atoms with Crippen LogP contribution in [0.3, 0.4) is 0 Å². The minimum atomic E-state index is 0.162. The molecule has 11 heavy (non-hydrogen) atoms. The zero-order valence-electron chi connectivity index (χ0n) is 8.05. The third-order valence-electron chi connectivity index (χ3n) is 1.45. The molecular formula is C9H18OS. The lowest BCUT2D eigenvalue weighted by Crippen LogP contribution is -2.20. The van der Waals surface area contributed by atoms with Gasteiger partial charge in [-0.25, -0.2) is 0 Å². The van der Waals surface area contributed by atoms with E-state index in [-0.39, 0.29) is 11.2 Å². The van der Waals surface area contributed by atoms with Gasteiger partial charge in [0.15, 0.2) is 0 Å². The molecule has 0 aromatic carbocycles. The normalized spacial score (nSPS) is 14.1. The molecule has 0 bridgehead atoms. The maximum Gasteiger partial charge on any atom is 0.148 e. The van der Waals surface area contributed by atoms with E-state index < -0.39 is 0 Å². The number of ketones is 1. The van der Waals surface area contributed by atoms with Gasteiger partial charge in [-0.05, 0) is 12.2 Å². The van der Waals surface area contributed by atoms with E-state index in [1.165, 1.54) is 0 Å². The molecule has 0 fully saturated rings. The Morgan fingerprint density at radius 2 is 1.55 bits per heavy atom. The van der Waals surface area contributed by atoms with Gasteiger partial charge in [0.25, 0.3) is 0 Å². The summed E-state index contributed by atoms with van der Waals surface area (Å²) in [4.78, 5) is 11.4. The molecule has 0 amide bonds. The molecule has 0 aliphatic heterocycles. The number of carbonyl (C=O) groups is 1. The minimum absolute atomic E-state index is 0.162. The molecule has 2 heteroatoms. The molecule has 0 rings (SSSR count). The summed E-state index contributed by atoms with van der Waals surface area (Å²) in [5, 5.41) is 0.711. The summed E-state index contributed by atoms with van der Waals surface area (Å²) in [6.07, 6.45) is 0. The van der Waals surface area contributed by atoms with Crippen molar-refractivity contribution in [1.29, 1.82) is 0 Å². The van der Waals surface area contributed by atoms with E-state index >= 15 is 0 Å². The number of hydrogen-bond acceptors (Lipinski definition) is 2. The fraction of sp³-hybridized carbons (Fsp3) is 0.889. The van der Waals surface area contributed by atoms with Gasteiger partial charge in [0.2, 0.25) is 0 Å². The number of rotatable bonds is 4. The van der Waals surface area contributed by atoms with Crippen molar-refractivity contribution in [3.8, 4) is 0 Å². The van der Waals surface area contributed by atoms with E-state index in [4.69, 9.17) is 0 Å². The lowest BCUT2D eigenvalue weighted by molar-refractivity contribution is -0.121. The Morgan fingerprint density at radius 1 is 1.09 bits per heavy atom. The number of carbonyl (C=O) groups excluding carboxylic acids is 1. The van der Waals surface area contributed by atoms with E-state index in [2.05, 4.69) is 13.8 Å². The summed E-state index contributed by atoms with van der Waals surface area (Å²) in [5.74, 6) is 0.542. The van der Waals surface area contributed by atoms with Crippen molar-refractivity contribution in [3.63, 3.8) is 0 Å². The molecule has 0 saturated carbocycles. The molecule has 0 aromatic heterocycles. The van der Waals surface area contributed by atoms with Crippen molar-refractivity contribution in [3.05, 3.63) is 0 Å². The standard InChI is InChI=1S/C9H18OS/c1-6(2)9(10)8(5)11-7(3)4/h6-8H,1-5H3. The molecule has 1 nitrogen and oxygen atoms in total. The van der Waals surface area contributed by atoms with Crippen LogP contribution in [0.5, 0.6) is 0 Å². The number of hydrogen-bond donors (Lipinski definition) is 0. The van der Waals surface area contributed by atoms with Gasteiger partial charge < -0.3 is 0 Å². The van der Waals surface area contributed by atoms with Crippen molar-refractivity contribution >= 4 is 17.5 Å². The molecule has 66 valence electrons. The molecule has 0 saturated heterocycles. The quantitative estimate of drug-likeness (QED) is 0.652. The summed E-state index contributed by atoms with van der Waals surface area (Å²) in [7, 11) is 0. The van der Waals surface area contributed by atoms with Gasteiger partial charge in [-0.15, -0.1) is 11.8 Å². The maximum absolute atomic E-state index is 11.4. The van der Waals surface area contributed by atoms with Crippen molar-refractivity contribution in [2.75, 3.05) is 0 Å². The van der Waals surface area contributed by atoms with Gasteiger partial charge >= 0.3 is 0 Å². The van der Waals surface area contributed by atoms with E-state index in [0.29, 0.717) is 11.0 Å². The molecule has 1 unspecified atom stereocenters. The zero-order valence-corrected chi connectivity index (χ0v) is 8.87. The van der Waals surface area contributed by atoms with Gasteiger partial charge in [0.05, 0.1) is 5.25 Å². The predicted octanol–water partition coefficient (Wildman–Crippen LogP) is 2.74. The van der Waals surface area contributed by atoms with E-state index in [1.807, 2.05) is 20.8 Å². The summed E-state index contributed by atoms with van der Waals surface area (Å²) >= 11 is 1.74. The summed E-state index contributed by atoms with van der Waals surface area (Å²) in [6, 6.07) is 0. The highest BCUT2D eigenvalue weighted by Gasteiger charge is 2.17. The predicted molar refractivity (Wildman–Crippen MR) is 52.0 cm³/mol. The van der Waals surface area contributed by atoms with Crippen LogP contribution in [0.25, 0.3) is 0 Å². The second-order valence-electron chi connectivity index (χ2n) is 3.38. The van der Waals surface area contributed by atoms with Gasteiger partial charge in [-0.1, -0.05) is 27.7 Å². The van der Waals surface area contributed by atoms with Gasteiger partial charge in [0.1, 0.15) is 5.78 Å².